The molecule has 0 unspecified atom stereocenters. The lowest BCUT2D eigenvalue weighted by Crippen LogP contribution is -2.23. The summed E-state index contributed by atoms with van der Waals surface area (Å²) in [4.78, 5) is 10.6. The Labute approximate surface area is 73.2 Å². The van der Waals surface area contributed by atoms with Crippen molar-refractivity contribution >= 4 is 5.91 Å². The zero-order chi connectivity index (χ0) is 9.23. The van der Waals surface area contributed by atoms with Crippen molar-refractivity contribution in [2.75, 3.05) is 34.0 Å². The molecule has 1 amide bonds. The fourth-order valence-electron chi connectivity index (χ4n) is 0.688. The normalized spacial score (nSPS) is 9.83. The Kier molecular flexibility index (Phi) is 8.05. The number of likely N-dealkylation sites (N-methyl/N-ethyl adjacent to an activating group) is 1. The Bertz CT molecular complexity index is 117. The molecule has 0 atom stereocenters. The topological polar surface area (TPSA) is 47.6 Å². The molecule has 0 aliphatic carbocycles. The molecule has 0 bridgehead atoms. The Balaban J connectivity index is 2.95. The van der Waals surface area contributed by atoms with Crippen molar-refractivity contribution in [3.63, 3.8) is 0 Å². The second kappa shape index (κ2) is 8.49. The summed E-state index contributed by atoms with van der Waals surface area (Å²) in [6.07, 6.45) is 1.91. The van der Waals surface area contributed by atoms with Gasteiger partial charge in [-0.2, -0.15) is 0 Å². The third kappa shape index (κ3) is 7.50. The van der Waals surface area contributed by atoms with Crippen molar-refractivity contribution in [1.29, 1.82) is 0 Å². The van der Waals surface area contributed by atoms with Gasteiger partial charge < -0.3 is 14.8 Å². The zero-order valence-corrected chi connectivity index (χ0v) is 7.76. The minimum Gasteiger partial charge on any atom is -0.385 e. The van der Waals surface area contributed by atoms with Crippen LogP contribution in [0.3, 0.4) is 0 Å². The highest BCUT2D eigenvalue weighted by atomic mass is 16.5. The highest BCUT2D eigenvalue weighted by Crippen LogP contribution is 1.89. The second-order valence-corrected chi connectivity index (χ2v) is 2.43. The molecule has 0 saturated heterocycles. The van der Waals surface area contributed by atoms with E-state index in [1.54, 1.807) is 14.2 Å². The molecule has 72 valence electrons. The Morgan fingerprint density at radius 2 is 2.00 bits per heavy atom. The third-order valence-electron chi connectivity index (χ3n) is 1.40. The molecule has 12 heavy (non-hydrogen) atoms. The summed E-state index contributed by atoms with van der Waals surface area (Å²) >= 11 is 0. The number of nitrogens with one attached hydrogen (secondary N) is 1. The van der Waals surface area contributed by atoms with Crippen LogP contribution in [0.1, 0.15) is 12.8 Å². The number of hydrogen-bond acceptors (Lipinski definition) is 3. The lowest BCUT2D eigenvalue weighted by Gasteiger charge is -2.02. The van der Waals surface area contributed by atoms with E-state index >= 15 is 0 Å². The van der Waals surface area contributed by atoms with Gasteiger partial charge >= 0.3 is 0 Å². The summed E-state index contributed by atoms with van der Waals surface area (Å²) in [6.45, 7) is 1.53. The minimum absolute atomic E-state index is 0.0817. The molecule has 0 aliphatic rings. The molecule has 0 aromatic rings. The maximum absolute atomic E-state index is 10.6. The first kappa shape index (κ1) is 11.4. The number of methoxy groups -OCH3 is 1. The van der Waals surface area contributed by atoms with Crippen LogP contribution in [0.4, 0.5) is 0 Å². The molecular formula is C8H17NO3. The number of rotatable bonds is 7. The summed E-state index contributed by atoms with van der Waals surface area (Å²) in [5.74, 6) is -0.0817. The van der Waals surface area contributed by atoms with Crippen LogP contribution in [-0.4, -0.2) is 39.9 Å². The SMILES string of the molecule is CNC(=O)COCCCCOC. The van der Waals surface area contributed by atoms with Gasteiger partial charge in [-0.05, 0) is 12.8 Å². The van der Waals surface area contributed by atoms with Gasteiger partial charge in [0.25, 0.3) is 0 Å². The first-order valence-electron chi connectivity index (χ1n) is 4.08. The first-order valence-corrected chi connectivity index (χ1v) is 4.08. The average molecular weight is 175 g/mol. The molecule has 0 aromatic carbocycles. The van der Waals surface area contributed by atoms with E-state index in [0.29, 0.717) is 6.61 Å². The molecule has 0 saturated carbocycles. The van der Waals surface area contributed by atoms with Gasteiger partial charge in [-0.25, -0.2) is 0 Å². The molecule has 0 aliphatic heterocycles. The van der Waals surface area contributed by atoms with E-state index in [0.717, 1.165) is 19.4 Å². The van der Waals surface area contributed by atoms with Gasteiger partial charge in [-0.1, -0.05) is 0 Å². The zero-order valence-electron chi connectivity index (χ0n) is 7.76. The fourth-order valence-corrected chi connectivity index (χ4v) is 0.688. The largest absolute Gasteiger partial charge is 0.385 e. The summed E-state index contributed by atoms with van der Waals surface area (Å²) < 4.78 is 9.92. The number of carbonyl (C=O) groups is 1. The van der Waals surface area contributed by atoms with Crippen molar-refractivity contribution in [1.82, 2.24) is 5.32 Å². The van der Waals surface area contributed by atoms with Crippen molar-refractivity contribution in [2.24, 2.45) is 0 Å². The third-order valence-corrected chi connectivity index (χ3v) is 1.40. The Hall–Kier alpha value is -0.610. The highest BCUT2D eigenvalue weighted by Gasteiger charge is 1.95. The van der Waals surface area contributed by atoms with E-state index in [1.165, 1.54) is 0 Å². The van der Waals surface area contributed by atoms with Gasteiger partial charge in [0, 0.05) is 27.4 Å². The van der Waals surface area contributed by atoms with Crippen LogP contribution in [0, 0.1) is 0 Å². The predicted molar refractivity (Wildman–Crippen MR) is 46.0 cm³/mol. The van der Waals surface area contributed by atoms with Crippen LogP contribution in [0.25, 0.3) is 0 Å². The van der Waals surface area contributed by atoms with Gasteiger partial charge in [0.2, 0.25) is 5.91 Å². The molecular weight excluding hydrogens is 158 g/mol. The molecule has 0 radical (unpaired) electrons. The first-order chi connectivity index (χ1) is 5.81. The molecule has 0 spiro atoms. The summed E-state index contributed by atoms with van der Waals surface area (Å²) in [5, 5.41) is 2.48. The predicted octanol–water partition coefficient (Wildman–Crippen LogP) is 0.176. The summed E-state index contributed by atoms with van der Waals surface area (Å²) in [5.41, 5.74) is 0. The van der Waals surface area contributed by atoms with Crippen LogP contribution in [0.2, 0.25) is 0 Å². The summed E-state index contributed by atoms with van der Waals surface area (Å²) in [7, 11) is 3.27. The lowest BCUT2D eigenvalue weighted by molar-refractivity contribution is -0.125. The molecule has 0 heterocycles. The van der Waals surface area contributed by atoms with Gasteiger partial charge in [0.1, 0.15) is 6.61 Å². The number of ether oxygens (including phenoxy) is 2. The van der Waals surface area contributed by atoms with Crippen LogP contribution in [0.15, 0.2) is 0 Å². The monoisotopic (exact) mass is 175 g/mol. The molecule has 4 nitrogen and oxygen atoms in total. The number of carbonyl (C=O) groups excluding carboxylic acids is 1. The van der Waals surface area contributed by atoms with Gasteiger partial charge in [0.05, 0.1) is 0 Å². The number of unbranched alkanes of at least 4 members (excludes halogenated alkanes) is 1. The lowest BCUT2D eigenvalue weighted by atomic mass is 10.3. The summed E-state index contributed by atoms with van der Waals surface area (Å²) in [6, 6.07) is 0. The van der Waals surface area contributed by atoms with E-state index in [2.05, 4.69) is 5.32 Å². The number of amides is 1. The minimum atomic E-state index is -0.0817. The van der Waals surface area contributed by atoms with Crippen molar-refractivity contribution < 1.29 is 14.3 Å². The van der Waals surface area contributed by atoms with E-state index in [4.69, 9.17) is 9.47 Å². The van der Waals surface area contributed by atoms with Crippen molar-refractivity contribution in [3.8, 4) is 0 Å². The molecule has 0 fully saturated rings. The fraction of sp³-hybridized carbons (Fsp3) is 0.875. The Morgan fingerprint density at radius 1 is 1.33 bits per heavy atom. The van der Waals surface area contributed by atoms with Crippen molar-refractivity contribution in [2.45, 2.75) is 12.8 Å². The highest BCUT2D eigenvalue weighted by molar-refractivity contribution is 5.76. The van der Waals surface area contributed by atoms with E-state index in [9.17, 15) is 4.79 Å². The maximum atomic E-state index is 10.6. The van der Waals surface area contributed by atoms with Crippen LogP contribution in [-0.2, 0) is 14.3 Å². The van der Waals surface area contributed by atoms with E-state index < -0.39 is 0 Å². The van der Waals surface area contributed by atoms with Gasteiger partial charge in [-0.3, -0.25) is 4.79 Å². The average Bonchev–Trinajstić information content (AvgIpc) is 2.10. The molecule has 0 aromatic heterocycles. The van der Waals surface area contributed by atoms with E-state index in [-0.39, 0.29) is 12.5 Å². The maximum Gasteiger partial charge on any atom is 0.245 e. The van der Waals surface area contributed by atoms with Crippen LogP contribution in [0.5, 0.6) is 0 Å². The number of hydrogen-bond donors (Lipinski definition) is 1. The smallest absolute Gasteiger partial charge is 0.245 e. The molecule has 0 rings (SSSR count). The van der Waals surface area contributed by atoms with Crippen LogP contribution < -0.4 is 5.32 Å². The van der Waals surface area contributed by atoms with Crippen LogP contribution >= 0.6 is 0 Å². The standard InChI is InChI=1S/C8H17NO3/c1-9-8(10)7-12-6-4-3-5-11-2/h3-7H2,1-2H3,(H,9,10). The Morgan fingerprint density at radius 3 is 2.58 bits per heavy atom. The van der Waals surface area contributed by atoms with Gasteiger partial charge in [0.15, 0.2) is 0 Å². The van der Waals surface area contributed by atoms with E-state index in [1.807, 2.05) is 0 Å². The molecule has 4 heteroatoms. The van der Waals surface area contributed by atoms with Gasteiger partial charge in [-0.15, -0.1) is 0 Å². The quantitative estimate of drug-likeness (QED) is 0.561. The van der Waals surface area contributed by atoms with Crippen molar-refractivity contribution in [3.05, 3.63) is 0 Å². The molecule has 1 N–H and O–H groups in total. The second-order valence-electron chi connectivity index (χ2n) is 2.43.